The van der Waals surface area contributed by atoms with Gasteiger partial charge < -0.3 is 8.92 Å². The Morgan fingerprint density at radius 1 is 1.44 bits per heavy atom. The molecule has 1 atom stereocenters. The summed E-state index contributed by atoms with van der Waals surface area (Å²) in [5.74, 6) is 0.198. The minimum atomic E-state index is -3.72. The normalized spacial score (nSPS) is 17.2. The molecule has 1 fully saturated rings. The molecule has 0 spiro atoms. The lowest BCUT2D eigenvalue weighted by Crippen LogP contribution is -2.05. The predicted molar refractivity (Wildman–Crippen MR) is 96.0 cm³/mol. The van der Waals surface area contributed by atoms with E-state index in [1.807, 2.05) is 0 Å². The highest BCUT2D eigenvalue weighted by Gasteiger charge is 2.35. The van der Waals surface area contributed by atoms with Gasteiger partial charge in [0.15, 0.2) is 0 Å². The summed E-state index contributed by atoms with van der Waals surface area (Å²) < 4.78 is 49.1. The van der Waals surface area contributed by atoms with Gasteiger partial charge in [0.1, 0.15) is 5.65 Å². The minimum absolute atomic E-state index is 0.0110. The number of hydrogen-bond acceptors (Lipinski definition) is 6. The second-order valence-corrected chi connectivity index (χ2v) is 9.68. The average Bonchev–Trinajstić information content (AvgIpc) is 3.11. The van der Waals surface area contributed by atoms with E-state index in [-0.39, 0.29) is 12.4 Å². The van der Waals surface area contributed by atoms with E-state index in [0.717, 1.165) is 12.8 Å². The van der Waals surface area contributed by atoms with Gasteiger partial charge in [-0.3, -0.25) is 4.21 Å². The lowest BCUT2D eigenvalue weighted by molar-refractivity contribution is 0.0551. The largest absolute Gasteiger partial charge is 0.400 e. The van der Waals surface area contributed by atoms with Gasteiger partial charge >= 0.3 is 11.3 Å². The molecule has 144 valence electrons. The first-order valence-corrected chi connectivity index (χ1v) is 10.7. The van der Waals surface area contributed by atoms with Crippen LogP contribution in [0.5, 0.6) is 0 Å². The summed E-state index contributed by atoms with van der Waals surface area (Å²) in [6.45, 7) is 0.254. The number of nitrogens with zero attached hydrogens (tertiary/aromatic N) is 5. The van der Waals surface area contributed by atoms with Crippen molar-refractivity contribution in [1.29, 1.82) is 0 Å². The van der Waals surface area contributed by atoms with Crippen molar-refractivity contribution in [3.8, 4) is 11.4 Å². The second-order valence-electron chi connectivity index (χ2n) is 6.69. The summed E-state index contributed by atoms with van der Waals surface area (Å²) >= 11 is 4.88. The molecule has 1 saturated carbocycles. The number of fused-ring (bicyclic) bond motifs is 1. The Morgan fingerprint density at radius 3 is 2.89 bits per heavy atom. The number of alkyl halides is 3. The van der Waals surface area contributed by atoms with Crippen LogP contribution in [0, 0.1) is 5.92 Å². The van der Waals surface area contributed by atoms with Crippen LogP contribution in [0.3, 0.4) is 0 Å². The van der Waals surface area contributed by atoms with Crippen LogP contribution in [0.1, 0.15) is 24.4 Å². The molecule has 3 aromatic rings. The van der Waals surface area contributed by atoms with E-state index >= 15 is 0 Å². The summed E-state index contributed by atoms with van der Waals surface area (Å²) in [6.07, 6.45) is 7.42. The Balaban J connectivity index is 1.57. The fraction of sp³-hybridized carbons (Fsp3) is 0.438. The van der Waals surface area contributed by atoms with E-state index in [2.05, 4.69) is 24.0 Å². The zero-order chi connectivity index (χ0) is 19.2. The molecule has 3 aromatic heterocycles. The van der Waals surface area contributed by atoms with E-state index in [4.69, 9.17) is 11.6 Å². The van der Waals surface area contributed by atoms with Gasteiger partial charge in [0, 0.05) is 39.7 Å². The monoisotopic (exact) mass is 415 g/mol. The molecule has 0 amide bonds. The van der Waals surface area contributed by atoms with Crippen LogP contribution >= 0.6 is 11.6 Å². The maximum absolute atomic E-state index is 13.0. The zero-order valence-electron chi connectivity index (χ0n) is 14.3. The SMILES string of the molecule is CS(=O)(CC1CC1)=NCc1cn2ccc(-c3noc(C(F)(F)Cl)n3)cc2n1. The quantitative estimate of drug-likeness (QED) is 0.573. The van der Waals surface area contributed by atoms with Crippen molar-refractivity contribution in [3.05, 3.63) is 36.1 Å². The number of hydrogen-bond donors (Lipinski definition) is 0. The number of imidazole rings is 1. The molecule has 1 unspecified atom stereocenters. The third-order valence-electron chi connectivity index (χ3n) is 4.18. The lowest BCUT2D eigenvalue weighted by atomic mass is 10.2. The van der Waals surface area contributed by atoms with E-state index in [1.165, 1.54) is 0 Å². The first kappa shape index (κ1) is 18.3. The number of halogens is 3. The van der Waals surface area contributed by atoms with Crippen molar-refractivity contribution in [3.63, 3.8) is 0 Å². The van der Waals surface area contributed by atoms with Crippen molar-refractivity contribution in [2.75, 3.05) is 12.0 Å². The van der Waals surface area contributed by atoms with Crippen LogP contribution in [0.15, 0.2) is 33.4 Å². The molecule has 1 aliphatic rings. The molecule has 0 radical (unpaired) electrons. The van der Waals surface area contributed by atoms with Gasteiger partial charge in [0.25, 0.3) is 0 Å². The summed E-state index contributed by atoms with van der Waals surface area (Å²) in [5, 5.41) is -0.193. The van der Waals surface area contributed by atoms with E-state index in [9.17, 15) is 13.0 Å². The Hall–Kier alpha value is -2.07. The molecule has 11 heteroatoms. The first-order chi connectivity index (χ1) is 12.7. The summed E-state index contributed by atoms with van der Waals surface area (Å²) in [6, 6.07) is 3.28. The van der Waals surface area contributed by atoms with Gasteiger partial charge in [-0.25, -0.2) is 9.35 Å². The Kier molecular flexibility index (Phi) is 4.42. The van der Waals surface area contributed by atoms with Crippen molar-refractivity contribution in [2.24, 2.45) is 10.3 Å². The molecule has 0 bridgehead atoms. The number of pyridine rings is 1. The standard InChI is InChI=1S/C16H16ClF2N5O2S/c1-27(25,9-10-2-3-10)20-7-12-8-24-5-4-11(6-13(24)21-12)14-22-15(26-23-14)16(17,18)19/h4-6,8,10H,2-3,7,9H2,1H3. The predicted octanol–water partition coefficient (Wildman–Crippen LogP) is 3.68. The zero-order valence-corrected chi connectivity index (χ0v) is 15.9. The van der Waals surface area contributed by atoms with Gasteiger partial charge in [0.05, 0.1) is 12.2 Å². The topological polar surface area (TPSA) is 85.7 Å². The molecule has 0 aliphatic heterocycles. The smallest absolute Gasteiger partial charge is 0.331 e. The van der Waals surface area contributed by atoms with E-state index < -0.39 is 21.0 Å². The van der Waals surface area contributed by atoms with E-state index in [1.54, 1.807) is 35.2 Å². The van der Waals surface area contributed by atoms with Crippen LogP contribution < -0.4 is 0 Å². The van der Waals surface area contributed by atoms with Gasteiger partial charge in [-0.2, -0.15) is 13.8 Å². The van der Waals surface area contributed by atoms with Crippen LogP contribution in [0.4, 0.5) is 8.78 Å². The fourth-order valence-corrected chi connectivity index (χ4v) is 4.48. The highest BCUT2D eigenvalue weighted by molar-refractivity contribution is 7.92. The molecule has 0 aromatic carbocycles. The first-order valence-electron chi connectivity index (χ1n) is 8.24. The second kappa shape index (κ2) is 6.52. The molecule has 7 nitrogen and oxygen atoms in total. The van der Waals surface area contributed by atoms with Crippen LogP contribution in [-0.4, -0.2) is 35.7 Å². The molecule has 27 heavy (non-hydrogen) atoms. The van der Waals surface area contributed by atoms with Gasteiger partial charge in [-0.1, -0.05) is 5.16 Å². The Morgan fingerprint density at radius 2 is 2.22 bits per heavy atom. The molecule has 3 heterocycles. The van der Waals surface area contributed by atoms with Crippen molar-refractivity contribution in [2.45, 2.75) is 24.8 Å². The minimum Gasteiger partial charge on any atom is -0.331 e. The fourth-order valence-electron chi connectivity index (χ4n) is 2.68. The molecular formula is C16H16ClF2N5O2S. The summed E-state index contributed by atoms with van der Waals surface area (Å²) in [7, 11) is -2.21. The highest BCUT2D eigenvalue weighted by atomic mass is 35.5. The highest BCUT2D eigenvalue weighted by Crippen LogP contribution is 2.32. The van der Waals surface area contributed by atoms with Crippen molar-refractivity contribution < 1.29 is 17.5 Å². The molecule has 0 N–H and O–H groups in total. The molecule has 1 aliphatic carbocycles. The average molecular weight is 416 g/mol. The van der Waals surface area contributed by atoms with Crippen LogP contribution in [-0.2, 0) is 21.7 Å². The number of rotatable bonds is 6. The lowest BCUT2D eigenvalue weighted by Gasteiger charge is -2.01. The Labute approximate surface area is 158 Å². The molecular weight excluding hydrogens is 400 g/mol. The Bertz CT molecular complexity index is 1110. The van der Waals surface area contributed by atoms with Gasteiger partial charge in [0.2, 0.25) is 5.82 Å². The maximum atomic E-state index is 13.0. The summed E-state index contributed by atoms with van der Waals surface area (Å²) in [4.78, 5) is 8.05. The summed E-state index contributed by atoms with van der Waals surface area (Å²) in [5.41, 5.74) is 1.69. The number of aromatic nitrogens is 4. The van der Waals surface area contributed by atoms with Crippen molar-refractivity contribution >= 4 is 27.0 Å². The van der Waals surface area contributed by atoms with Crippen molar-refractivity contribution in [1.82, 2.24) is 19.5 Å². The van der Waals surface area contributed by atoms with Crippen LogP contribution in [0.2, 0.25) is 0 Å². The third-order valence-corrected chi connectivity index (χ3v) is 6.11. The van der Waals surface area contributed by atoms with Gasteiger partial charge in [-0.05, 0) is 42.5 Å². The third kappa shape index (κ3) is 4.27. The van der Waals surface area contributed by atoms with Gasteiger partial charge in [-0.15, -0.1) is 0 Å². The molecule has 0 saturated heterocycles. The maximum Gasteiger partial charge on any atom is 0.400 e. The molecule has 4 rings (SSSR count). The van der Waals surface area contributed by atoms with E-state index in [0.29, 0.717) is 28.6 Å². The van der Waals surface area contributed by atoms with Crippen LogP contribution in [0.25, 0.3) is 17.0 Å².